The van der Waals surface area contributed by atoms with Crippen molar-refractivity contribution in [2.45, 2.75) is 17.7 Å². The highest BCUT2D eigenvalue weighted by Gasteiger charge is 2.67. The van der Waals surface area contributed by atoms with Crippen molar-refractivity contribution < 1.29 is 9.53 Å². The molecule has 16 heavy (non-hydrogen) atoms. The third-order valence-electron chi connectivity index (χ3n) is 3.11. The molecule has 0 radical (unpaired) electrons. The summed E-state index contributed by atoms with van der Waals surface area (Å²) in [5.41, 5.74) is -0.0310. The minimum Gasteiger partial charge on any atom is -0.497 e. The summed E-state index contributed by atoms with van der Waals surface area (Å²) >= 11 is 11.9. The number of carbonyl (C=O) groups excluding carboxylic acids is 1. The van der Waals surface area contributed by atoms with E-state index in [4.69, 9.17) is 27.9 Å². The van der Waals surface area contributed by atoms with Gasteiger partial charge in [0.05, 0.1) is 12.5 Å². The van der Waals surface area contributed by atoms with Crippen LogP contribution in [-0.2, 0) is 0 Å². The van der Waals surface area contributed by atoms with Gasteiger partial charge in [-0.15, -0.1) is 23.2 Å². The number of ether oxygens (including phenoxy) is 1. The fourth-order valence-corrected chi connectivity index (χ4v) is 2.41. The van der Waals surface area contributed by atoms with Gasteiger partial charge in [0.1, 0.15) is 10.1 Å². The molecule has 0 aromatic heterocycles. The van der Waals surface area contributed by atoms with Crippen molar-refractivity contribution in [3.63, 3.8) is 0 Å². The standard InChI is InChI=1S/C12H12Cl2O2/c1-11(7-12(11,13)14)10(15)8-3-5-9(16-2)6-4-8/h3-6H,7H2,1-2H3. The molecule has 1 fully saturated rings. The minimum absolute atomic E-state index is 0.0137. The third kappa shape index (κ3) is 1.70. The molecule has 1 unspecified atom stereocenters. The highest BCUT2D eigenvalue weighted by molar-refractivity contribution is 6.53. The molecule has 0 N–H and O–H groups in total. The zero-order valence-corrected chi connectivity index (χ0v) is 10.6. The first-order chi connectivity index (χ1) is 7.40. The number of ketones is 1. The van der Waals surface area contributed by atoms with Crippen molar-refractivity contribution in [1.29, 1.82) is 0 Å². The second kappa shape index (κ2) is 3.64. The van der Waals surface area contributed by atoms with Crippen LogP contribution < -0.4 is 4.74 Å². The van der Waals surface area contributed by atoms with Crippen LogP contribution in [0.5, 0.6) is 5.75 Å². The summed E-state index contributed by atoms with van der Waals surface area (Å²) < 4.78 is 4.11. The Bertz CT molecular complexity index is 425. The number of hydrogen-bond donors (Lipinski definition) is 0. The zero-order valence-electron chi connectivity index (χ0n) is 9.09. The lowest BCUT2D eigenvalue weighted by atomic mass is 9.97. The maximum Gasteiger partial charge on any atom is 0.171 e. The SMILES string of the molecule is COc1ccc(C(=O)C2(C)CC2(Cl)Cl)cc1. The molecule has 0 spiro atoms. The molecule has 2 nitrogen and oxygen atoms in total. The summed E-state index contributed by atoms with van der Waals surface area (Å²) in [4.78, 5) is 12.1. The van der Waals surface area contributed by atoms with Crippen molar-refractivity contribution in [1.82, 2.24) is 0 Å². The maximum atomic E-state index is 12.1. The molecule has 0 amide bonds. The van der Waals surface area contributed by atoms with Gasteiger partial charge in [-0.25, -0.2) is 0 Å². The summed E-state index contributed by atoms with van der Waals surface area (Å²) in [7, 11) is 1.58. The van der Waals surface area contributed by atoms with E-state index in [9.17, 15) is 4.79 Å². The van der Waals surface area contributed by atoms with Gasteiger partial charge in [0.25, 0.3) is 0 Å². The number of rotatable bonds is 3. The lowest BCUT2D eigenvalue weighted by Gasteiger charge is -2.10. The number of alkyl halides is 2. The quantitative estimate of drug-likeness (QED) is 0.613. The molecule has 0 saturated heterocycles. The summed E-state index contributed by atoms with van der Waals surface area (Å²) in [5.74, 6) is 0.709. The first-order valence-electron chi connectivity index (χ1n) is 4.97. The Morgan fingerprint density at radius 2 is 1.81 bits per heavy atom. The van der Waals surface area contributed by atoms with E-state index in [1.165, 1.54) is 0 Å². The molecule has 2 rings (SSSR count). The predicted octanol–water partition coefficient (Wildman–Crippen LogP) is 3.46. The highest BCUT2D eigenvalue weighted by atomic mass is 35.5. The molecule has 4 heteroatoms. The van der Waals surface area contributed by atoms with E-state index < -0.39 is 9.75 Å². The second-order valence-corrected chi connectivity index (χ2v) is 5.75. The van der Waals surface area contributed by atoms with Gasteiger partial charge in [-0.05, 0) is 37.6 Å². The Balaban J connectivity index is 2.23. The van der Waals surface area contributed by atoms with Crippen LogP contribution in [0, 0.1) is 5.41 Å². The molecule has 0 aliphatic heterocycles. The monoisotopic (exact) mass is 258 g/mol. The van der Waals surface area contributed by atoms with Crippen LogP contribution in [0.4, 0.5) is 0 Å². The first kappa shape index (κ1) is 11.7. The minimum atomic E-state index is -0.913. The van der Waals surface area contributed by atoms with Gasteiger partial charge in [-0.1, -0.05) is 0 Å². The van der Waals surface area contributed by atoms with Crippen LogP contribution in [0.15, 0.2) is 24.3 Å². The van der Waals surface area contributed by atoms with Gasteiger partial charge in [-0.2, -0.15) is 0 Å². The van der Waals surface area contributed by atoms with E-state index >= 15 is 0 Å². The van der Waals surface area contributed by atoms with Crippen molar-refractivity contribution in [2.24, 2.45) is 5.41 Å². The number of methoxy groups -OCH3 is 1. The third-order valence-corrected chi connectivity index (χ3v) is 4.21. The van der Waals surface area contributed by atoms with Gasteiger partial charge in [0.15, 0.2) is 5.78 Å². The van der Waals surface area contributed by atoms with E-state index in [1.807, 2.05) is 0 Å². The average molecular weight is 259 g/mol. The van der Waals surface area contributed by atoms with Crippen LogP contribution in [0.2, 0.25) is 0 Å². The van der Waals surface area contributed by atoms with E-state index in [2.05, 4.69) is 0 Å². The molecular formula is C12H12Cl2O2. The van der Waals surface area contributed by atoms with Crippen LogP contribution >= 0.6 is 23.2 Å². The lowest BCUT2D eigenvalue weighted by Crippen LogP contribution is -2.18. The predicted molar refractivity (Wildman–Crippen MR) is 64.5 cm³/mol. The van der Waals surface area contributed by atoms with Crippen molar-refractivity contribution in [3.8, 4) is 5.75 Å². The first-order valence-corrected chi connectivity index (χ1v) is 5.73. The van der Waals surface area contributed by atoms with E-state index in [1.54, 1.807) is 38.3 Å². The zero-order chi connectivity index (χ0) is 12.0. The number of halogens is 2. The molecular weight excluding hydrogens is 247 g/mol. The summed E-state index contributed by atoms with van der Waals surface area (Å²) in [6, 6.07) is 6.97. The summed E-state index contributed by atoms with van der Waals surface area (Å²) in [6.07, 6.45) is 0.508. The number of carbonyl (C=O) groups is 1. The molecule has 1 atom stereocenters. The molecule has 1 aromatic rings. The van der Waals surface area contributed by atoms with Crippen molar-refractivity contribution in [3.05, 3.63) is 29.8 Å². The van der Waals surface area contributed by atoms with Crippen LogP contribution in [0.25, 0.3) is 0 Å². The van der Waals surface area contributed by atoms with Crippen LogP contribution in [0.3, 0.4) is 0 Å². The molecule has 0 bridgehead atoms. The topological polar surface area (TPSA) is 26.3 Å². The van der Waals surface area contributed by atoms with E-state index in [-0.39, 0.29) is 5.78 Å². The van der Waals surface area contributed by atoms with Gasteiger partial charge >= 0.3 is 0 Å². The summed E-state index contributed by atoms with van der Waals surface area (Å²) in [6.45, 7) is 1.79. The van der Waals surface area contributed by atoms with Crippen molar-refractivity contribution >= 4 is 29.0 Å². The Morgan fingerprint density at radius 1 is 1.31 bits per heavy atom. The number of benzene rings is 1. The maximum absolute atomic E-state index is 12.1. The average Bonchev–Trinajstić information content (AvgIpc) is 2.79. The molecule has 1 aromatic carbocycles. The lowest BCUT2D eigenvalue weighted by molar-refractivity contribution is 0.0911. The number of hydrogen-bond acceptors (Lipinski definition) is 2. The fraction of sp³-hybridized carbons (Fsp3) is 0.417. The number of Topliss-reactive ketones (excluding diaryl/α,β-unsaturated/α-hetero) is 1. The Morgan fingerprint density at radius 3 is 2.19 bits per heavy atom. The molecule has 1 saturated carbocycles. The fourth-order valence-electron chi connectivity index (χ4n) is 1.71. The van der Waals surface area contributed by atoms with Gasteiger partial charge in [0.2, 0.25) is 0 Å². The molecule has 0 heterocycles. The van der Waals surface area contributed by atoms with Crippen LogP contribution in [0.1, 0.15) is 23.7 Å². The van der Waals surface area contributed by atoms with E-state index in [0.717, 1.165) is 5.75 Å². The van der Waals surface area contributed by atoms with E-state index in [0.29, 0.717) is 12.0 Å². The molecule has 1 aliphatic rings. The Kier molecular flexibility index (Phi) is 2.67. The second-order valence-electron chi connectivity index (χ2n) is 4.27. The van der Waals surface area contributed by atoms with Crippen molar-refractivity contribution in [2.75, 3.05) is 7.11 Å². The Labute approximate surface area is 104 Å². The Hall–Kier alpha value is -0.730. The smallest absolute Gasteiger partial charge is 0.171 e. The largest absolute Gasteiger partial charge is 0.497 e. The van der Waals surface area contributed by atoms with Gasteiger partial charge < -0.3 is 4.74 Å². The van der Waals surface area contributed by atoms with Gasteiger partial charge in [-0.3, -0.25) is 4.79 Å². The molecule has 1 aliphatic carbocycles. The molecule has 86 valence electrons. The van der Waals surface area contributed by atoms with Crippen LogP contribution in [-0.4, -0.2) is 17.2 Å². The van der Waals surface area contributed by atoms with Gasteiger partial charge in [0, 0.05) is 5.56 Å². The summed E-state index contributed by atoms with van der Waals surface area (Å²) in [5, 5.41) is 0. The highest BCUT2D eigenvalue weighted by Crippen LogP contribution is 2.64. The normalized spacial score (nSPS) is 26.2.